The number of nitrogens with zero attached hydrogens (tertiary/aromatic N) is 1. The van der Waals surface area contributed by atoms with Crippen molar-refractivity contribution in [3.8, 4) is 11.5 Å². The van der Waals surface area contributed by atoms with Gasteiger partial charge >= 0.3 is 0 Å². The fraction of sp³-hybridized carbons (Fsp3) is 0.409. The maximum Gasteiger partial charge on any atom is 0.221 e. The number of β-amino-alcohol motifs (C(OH)–C–C–N with tert-alkyl or cyclic N) is 1. The van der Waals surface area contributed by atoms with E-state index in [9.17, 15) is 9.90 Å². The second-order valence-corrected chi connectivity index (χ2v) is 8.28. The third-order valence-corrected chi connectivity index (χ3v) is 5.59. The molecule has 2 aliphatic heterocycles. The maximum absolute atomic E-state index is 11.3. The van der Waals surface area contributed by atoms with Crippen LogP contribution >= 0.6 is 11.6 Å². The predicted octanol–water partition coefficient (Wildman–Crippen LogP) is 3.12. The predicted molar refractivity (Wildman–Crippen MR) is 112 cm³/mol. The number of anilines is 1. The van der Waals surface area contributed by atoms with Gasteiger partial charge in [-0.05, 0) is 35.9 Å². The highest BCUT2D eigenvalue weighted by atomic mass is 35.5. The Morgan fingerprint density at radius 3 is 3.03 bits per heavy atom. The molecule has 2 heterocycles. The molecule has 2 aliphatic rings. The lowest BCUT2D eigenvalue weighted by atomic mass is 9.96. The van der Waals surface area contributed by atoms with E-state index in [1.165, 1.54) is 6.92 Å². The standard InChI is InChI=1S/C22H25ClN2O4/c1-15(26)24-19-4-2-3-5-21(19)28-13-18(27)12-25-9-8-22(14-25)11-16-10-17(23)6-7-20(16)29-22/h2-7,10,18,27H,8-9,11-14H2,1H3,(H,24,26)/t18-,22+/m0/s1. The van der Waals surface area contributed by atoms with Gasteiger partial charge in [-0.15, -0.1) is 0 Å². The fourth-order valence-corrected chi connectivity index (χ4v) is 4.33. The van der Waals surface area contributed by atoms with Crippen LogP contribution in [0.4, 0.5) is 5.69 Å². The van der Waals surface area contributed by atoms with Gasteiger partial charge in [0.15, 0.2) is 0 Å². The number of halogens is 1. The van der Waals surface area contributed by atoms with Crippen LogP contribution in [0.25, 0.3) is 0 Å². The van der Waals surface area contributed by atoms with Gasteiger partial charge in [-0.25, -0.2) is 0 Å². The van der Waals surface area contributed by atoms with E-state index in [-0.39, 0.29) is 18.1 Å². The highest BCUT2D eigenvalue weighted by molar-refractivity contribution is 6.30. The molecule has 1 spiro atoms. The number of likely N-dealkylation sites (tertiary alicyclic amines) is 1. The number of ether oxygens (including phenoxy) is 2. The fourth-order valence-electron chi connectivity index (χ4n) is 4.14. The van der Waals surface area contributed by atoms with Crippen molar-refractivity contribution in [2.24, 2.45) is 0 Å². The van der Waals surface area contributed by atoms with Gasteiger partial charge < -0.3 is 19.9 Å². The number of carbonyl (C=O) groups is 1. The molecular weight excluding hydrogens is 392 g/mol. The number of carbonyl (C=O) groups excluding carboxylic acids is 1. The minimum atomic E-state index is -0.645. The molecule has 2 aromatic rings. The number of amides is 1. The average molecular weight is 417 g/mol. The molecule has 2 aromatic carbocycles. The summed E-state index contributed by atoms with van der Waals surface area (Å²) in [7, 11) is 0. The van der Waals surface area contributed by atoms with Gasteiger partial charge in [0.1, 0.15) is 29.8 Å². The normalized spacial score (nSPS) is 21.6. The van der Waals surface area contributed by atoms with Crippen LogP contribution in [0.15, 0.2) is 42.5 Å². The molecule has 2 atom stereocenters. The monoisotopic (exact) mass is 416 g/mol. The van der Waals surface area contributed by atoms with E-state index < -0.39 is 6.10 Å². The number of hydrogen-bond donors (Lipinski definition) is 2. The summed E-state index contributed by atoms with van der Waals surface area (Å²) in [5, 5.41) is 13.9. The Morgan fingerprint density at radius 1 is 1.38 bits per heavy atom. The Labute approximate surface area is 175 Å². The second-order valence-electron chi connectivity index (χ2n) is 7.84. The van der Waals surface area contributed by atoms with E-state index in [0.29, 0.717) is 18.0 Å². The smallest absolute Gasteiger partial charge is 0.221 e. The summed E-state index contributed by atoms with van der Waals surface area (Å²) in [5.74, 6) is 1.30. The summed E-state index contributed by atoms with van der Waals surface area (Å²) in [4.78, 5) is 13.5. The quantitative estimate of drug-likeness (QED) is 0.757. The zero-order valence-corrected chi connectivity index (χ0v) is 17.1. The Kier molecular flexibility index (Phi) is 5.67. The van der Waals surface area contributed by atoms with Crippen LogP contribution in [0.2, 0.25) is 5.02 Å². The molecule has 4 rings (SSSR count). The van der Waals surface area contributed by atoms with E-state index in [4.69, 9.17) is 21.1 Å². The summed E-state index contributed by atoms with van der Waals surface area (Å²) in [5.41, 5.74) is 1.52. The number of aliphatic hydroxyl groups excluding tert-OH is 1. The van der Waals surface area contributed by atoms with Crippen LogP contribution in [-0.4, -0.2) is 53.9 Å². The maximum atomic E-state index is 11.3. The summed E-state index contributed by atoms with van der Waals surface area (Å²) in [6.45, 7) is 3.73. The molecule has 7 heteroatoms. The van der Waals surface area contributed by atoms with Gasteiger partial charge in [-0.3, -0.25) is 9.69 Å². The van der Waals surface area contributed by atoms with Crippen molar-refractivity contribution < 1.29 is 19.4 Å². The van der Waals surface area contributed by atoms with Crippen molar-refractivity contribution >= 4 is 23.2 Å². The van der Waals surface area contributed by atoms with Crippen LogP contribution in [0.5, 0.6) is 11.5 Å². The first-order valence-corrected chi connectivity index (χ1v) is 10.2. The lowest BCUT2D eigenvalue weighted by molar-refractivity contribution is -0.114. The molecule has 29 heavy (non-hydrogen) atoms. The Hall–Kier alpha value is -2.28. The van der Waals surface area contributed by atoms with Crippen molar-refractivity contribution in [2.75, 3.05) is 31.6 Å². The van der Waals surface area contributed by atoms with Crippen molar-refractivity contribution in [1.82, 2.24) is 4.90 Å². The number of hydrogen-bond acceptors (Lipinski definition) is 5. The average Bonchev–Trinajstić information content (AvgIpc) is 3.22. The third-order valence-electron chi connectivity index (χ3n) is 5.35. The van der Waals surface area contributed by atoms with Crippen LogP contribution < -0.4 is 14.8 Å². The minimum absolute atomic E-state index is 0.150. The molecule has 2 N–H and O–H groups in total. The van der Waals surface area contributed by atoms with Gasteiger partial charge in [-0.1, -0.05) is 23.7 Å². The molecule has 0 saturated carbocycles. The zero-order valence-electron chi connectivity index (χ0n) is 16.4. The lowest BCUT2D eigenvalue weighted by Gasteiger charge is -2.25. The zero-order chi connectivity index (χ0) is 20.4. The molecule has 0 bridgehead atoms. The summed E-state index contributed by atoms with van der Waals surface area (Å²) in [6.07, 6.45) is 1.11. The first-order chi connectivity index (χ1) is 13.9. The number of aliphatic hydroxyl groups is 1. The van der Waals surface area contributed by atoms with Gasteiger partial charge in [-0.2, -0.15) is 0 Å². The van der Waals surface area contributed by atoms with Gasteiger partial charge in [0.25, 0.3) is 0 Å². The molecule has 1 fully saturated rings. The topological polar surface area (TPSA) is 71.0 Å². The van der Waals surface area contributed by atoms with Crippen molar-refractivity contribution in [3.05, 3.63) is 53.1 Å². The molecule has 1 saturated heterocycles. The summed E-state index contributed by atoms with van der Waals surface area (Å²) < 4.78 is 12.0. The number of benzene rings is 2. The Balaban J connectivity index is 1.30. The van der Waals surface area contributed by atoms with Crippen molar-refractivity contribution in [1.29, 1.82) is 0 Å². The summed E-state index contributed by atoms with van der Waals surface area (Å²) in [6, 6.07) is 13.0. The second kappa shape index (κ2) is 8.22. The van der Waals surface area contributed by atoms with Crippen molar-refractivity contribution in [3.63, 3.8) is 0 Å². The molecule has 0 unspecified atom stereocenters. The highest BCUT2D eigenvalue weighted by Gasteiger charge is 2.45. The van der Waals surface area contributed by atoms with E-state index in [1.54, 1.807) is 12.1 Å². The van der Waals surface area contributed by atoms with Gasteiger partial charge in [0.2, 0.25) is 5.91 Å². The number of fused-ring (bicyclic) bond motifs is 1. The van der Waals surface area contributed by atoms with Gasteiger partial charge in [0, 0.05) is 44.4 Å². The van der Waals surface area contributed by atoms with E-state index in [2.05, 4.69) is 10.2 Å². The van der Waals surface area contributed by atoms with E-state index in [1.807, 2.05) is 30.3 Å². The summed E-state index contributed by atoms with van der Waals surface area (Å²) >= 11 is 6.10. The Bertz CT molecular complexity index is 906. The largest absolute Gasteiger partial charge is 0.489 e. The highest BCUT2D eigenvalue weighted by Crippen LogP contribution is 2.41. The van der Waals surface area contributed by atoms with Crippen LogP contribution in [0.1, 0.15) is 18.9 Å². The lowest BCUT2D eigenvalue weighted by Crippen LogP contribution is -2.40. The molecule has 1 amide bonds. The van der Waals surface area contributed by atoms with E-state index in [0.717, 1.165) is 42.3 Å². The van der Waals surface area contributed by atoms with Crippen LogP contribution in [0, 0.1) is 0 Å². The molecule has 6 nitrogen and oxygen atoms in total. The number of para-hydroxylation sites is 2. The van der Waals surface area contributed by atoms with Crippen molar-refractivity contribution in [2.45, 2.75) is 31.5 Å². The number of rotatable bonds is 6. The van der Waals surface area contributed by atoms with Gasteiger partial charge in [0.05, 0.1) is 5.69 Å². The molecule has 154 valence electrons. The molecule has 0 aliphatic carbocycles. The van der Waals surface area contributed by atoms with E-state index >= 15 is 0 Å². The number of nitrogens with one attached hydrogen (secondary N) is 1. The Morgan fingerprint density at radius 2 is 2.21 bits per heavy atom. The molecule has 0 radical (unpaired) electrons. The van der Waals surface area contributed by atoms with Crippen LogP contribution in [-0.2, 0) is 11.2 Å². The van der Waals surface area contributed by atoms with Crippen LogP contribution in [0.3, 0.4) is 0 Å². The minimum Gasteiger partial charge on any atom is -0.489 e. The SMILES string of the molecule is CC(=O)Nc1ccccc1OC[C@@H](O)CN1CC[C@@]2(Cc3cc(Cl)ccc3O2)C1. The third kappa shape index (κ3) is 4.66. The first kappa shape index (κ1) is 20.0. The molecular formula is C22H25ClN2O4. The molecule has 0 aromatic heterocycles. The first-order valence-electron chi connectivity index (χ1n) is 9.80.